The largest absolute Gasteiger partial charge is 0.389 e. The summed E-state index contributed by atoms with van der Waals surface area (Å²) in [5.41, 5.74) is 5.31. The molecule has 0 aliphatic carbocycles. The van der Waals surface area contributed by atoms with Crippen LogP contribution in [0.1, 0.15) is 6.42 Å². The predicted octanol–water partition coefficient (Wildman–Crippen LogP) is -1.56. The van der Waals surface area contributed by atoms with Gasteiger partial charge in [0.25, 0.3) is 0 Å². The van der Waals surface area contributed by atoms with Gasteiger partial charge < -0.3 is 16.2 Å². The first-order valence-corrected chi connectivity index (χ1v) is 2.76. The highest BCUT2D eigenvalue weighted by Crippen LogP contribution is 1.83. The van der Waals surface area contributed by atoms with E-state index in [-0.39, 0.29) is 18.4 Å². The lowest BCUT2D eigenvalue weighted by atomic mass is 10.2. The Morgan fingerprint density at radius 2 is 2.44 bits per heavy atom. The van der Waals surface area contributed by atoms with E-state index in [1.54, 1.807) is 7.05 Å². The van der Waals surface area contributed by atoms with Crippen molar-refractivity contribution in [1.29, 1.82) is 0 Å². The molecule has 0 aromatic rings. The normalized spacial score (nSPS) is 13.2. The first kappa shape index (κ1) is 8.55. The lowest BCUT2D eigenvalue weighted by molar-refractivity contribution is -0.122. The Morgan fingerprint density at radius 3 is 2.78 bits per heavy atom. The molecule has 0 saturated heterocycles. The lowest BCUT2D eigenvalue weighted by Crippen LogP contribution is -2.36. The van der Waals surface area contributed by atoms with Gasteiger partial charge in [0.1, 0.15) is 6.61 Å². The third kappa shape index (κ3) is 4.08. The zero-order valence-corrected chi connectivity index (χ0v) is 5.42. The number of hydrogen-bond donors (Lipinski definition) is 3. The molecule has 0 radical (unpaired) electrons. The molecule has 1 atom stereocenters. The molecule has 0 aliphatic heterocycles. The van der Waals surface area contributed by atoms with Gasteiger partial charge in [-0.2, -0.15) is 0 Å². The van der Waals surface area contributed by atoms with Crippen LogP contribution < -0.4 is 11.1 Å². The van der Waals surface area contributed by atoms with Gasteiger partial charge in [0.05, 0.1) is 6.17 Å². The molecule has 0 rings (SSSR count). The van der Waals surface area contributed by atoms with E-state index in [0.29, 0.717) is 0 Å². The summed E-state index contributed by atoms with van der Waals surface area (Å²) in [5, 5.41) is 10.9. The first-order valence-electron chi connectivity index (χ1n) is 2.76. The van der Waals surface area contributed by atoms with Crippen LogP contribution in [-0.2, 0) is 4.79 Å². The molecule has 54 valence electrons. The van der Waals surface area contributed by atoms with Crippen LogP contribution in [0.2, 0.25) is 0 Å². The Balaban J connectivity index is 3.34. The topological polar surface area (TPSA) is 75.3 Å². The summed E-state index contributed by atoms with van der Waals surface area (Å²) in [6, 6.07) is 0. The van der Waals surface area contributed by atoms with E-state index in [0.717, 1.165) is 0 Å². The Hall–Kier alpha value is -0.450. The highest BCUT2D eigenvalue weighted by Gasteiger charge is 2.04. The molecule has 4 nitrogen and oxygen atoms in total. The summed E-state index contributed by atoms with van der Waals surface area (Å²) >= 11 is 0. The highest BCUT2D eigenvalue weighted by molar-refractivity contribution is 5.79. The molecular weight excluding hydrogens is 120 g/mol. The summed E-state index contributed by atoms with van der Waals surface area (Å²) < 4.78 is 0. The van der Waals surface area contributed by atoms with Crippen molar-refractivity contribution in [2.24, 2.45) is 5.73 Å². The van der Waals surface area contributed by atoms with Crippen LogP contribution in [0.5, 0.6) is 0 Å². The second-order valence-corrected chi connectivity index (χ2v) is 1.80. The van der Waals surface area contributed by atoms with Crippen LogP contribution in [0.4, 0.5) is 0 Å². The van der Waals surface area contributed by atoms with Gasteiger partial charge >= 0.3 is 0 Å². The molecule has 0 amide bonds. The molecule has 0 fully saturated rings. The summed E-state index contributed by atoms with van der Waals surface area (Å²) in [7, 11) is 1.66. The minimum absolute atomic E-state index is 0.188. The van der Waals surface area contributed by atoms with Crippen LogP contribution >= 0.6 is 0 Å². The predicted molar refractivity (Wildman–Crippen MR) is 33.7 cm³/mol. The molecule has 0 bridgehead atoms. The fourth-order valence-corrected chi connectivity index (χ4v) is 0.412. The zero-order chi connectivity index (χ0) is 7.28. The fourth-order valence-electron chi connectivity index (χ4n) is 0.412. The number of ketones is 1. The molecular formula is C5H12N2O2. The number of aliphatic hydroxyl groups is 1. The van der Waals surface area contributed by atoms with Gasteiger partial charge in [-0.15, -0.1) is 0 Å². The maximum absolute atomic E-state index is 10.4. The fraction of sp³-hybridized carbons (Fsp3) is 0.800. The van der Waals surface area contributed by atoms with Crippen molar-refractivity contribution in [2.75, 3.05) is 13.7 Å². The Morgan fingerprint density at radius 1 is 1.89 bits per heavy atom. The van der Waals surface area contributed by atoms with Crippen molar-refractivity contribution >= 4 is 5.78 Å². The van der Waals surface area contributed by atoms with Crippen molar-refractivity contribution in [3.63, 3.8) is 0 Å². The number of rotatable bonds is 4. The van der Waals surface area contributed by atoms with Crippen LogP contribution in [0.25, 0.3) is 0 Å². The molecule has 4 heteroatoms. The van der Waals surface area contributed by atoms with Gasteiger partial charge in [-0.3, -0.25) is 4.79 Å². The number of aliphatic hydroxyl groups excluding tert-OH is 1. The first-order chi connectivity index (χ1) is 4.20. The number of nitrogens with one attached hydrogen (secondary N) is 1. The SMILES string of the molecule is CNC(N)CC(=O)CO. The highest BCUT2D eigenvalue weighted by atomic mass is 16.3. The summed E-state index contributed by atoms with van der Waals surface area (Å²) in [5.74, 6) is -0.239. The number of Topliss-reactive ketones (excluding diaryl/α,β-unsaturated/α-hetero) is 1. The van der Waals surface area contributed by atoms with Crippen molar-refractivity contribution in [3.05, 3.63) is 0 Å². The van der Waals surface area contributed by atoms with Crippen LogP contribution in [0, 0.1) is 0 Å². The van der Waals surface area contributed by atoms with Gasteiger partial charge in [0.15, 0.2) is 5.78 Å². The Labute approximate surface area is 54.0 Å². The standard InChI is InChI=1S/C5H12N2O2/c1-7-5(6)2-4(9)3-8/h5,7-8H,2-3,6H2,1H3. The van der Waals surface area contributed by atoms with Crippen molar-refractivity contribution in [2.45, 2.75) is 12.6 Å². The smallest absolute Gasteiger partial charge is 0.161 e. The molecule has 0 aliphatic rings. The molecule has 0 heterocycles. The monoisotopic (exact) mass is 132 g/mol. The van der Waals surface area contributed by atoms with Crippen molar-refractivity contribution in [3.8, 4) is 0 Å². The minimum atomic E-state index is -0.421. The molecule has 4 N–H and O–H groups in total. The summed E-state index contributed by atoms with van der Waals surface area (Å²) in [4.78, 5) is 10.4. The van der Waals surface area contributed by atoms with Crippen LogP contribution in [0.15, 0.2) is 0 Å². The van der Waals surface area contributed by atoms with Crippen LogP contribution in [0.3, 0.4) is 0 Å². The molecule has 0 aromatic carbocycles. The third-order valence-corrected chi connectivity index (χ3v) is 0.995. The summed E-state index contributed by atoms with van der Waals surface area (Å²) in [6.07, 6.45) is -0.142. The molecule has 0 aromatic heterocycles. The average Bonchev–Trinajstić information content (AvgIpc) is 1.87. The quantitative estimate of drug-likeness (QED) is 0.404. The summed E-state index contributed by atoms with van der Waals surface area (Å²) in [6.45, 7) is -0.421. The zero-order valence-electron chi connectivity index (χ0n) is 5.42. The van der Waals surface area contributed by atoms with Gasteiger partial charge in [0.2, 0.25) is 0 Å². The van der Waals surface area contributed by atoms with Crippen molar-refractivity contribution < 1.29 is 9.90 Å². The number of carbonyl (C=O) groups excluding carboxylic acids is 1. The number of nitrogens with two attached hydrogens (primary N) is 1. The molecule has 1 unspecified atom stereocenters. The Kier molecular flexibility index (Phi) is 4.21. The van der Waals surface area contributed by atoms with Gasteiger partial charge in [-0.05, 0) is 7.05 Å². The van der Waals surface area contributed by atoms with E-state index in [9.17, 15) is 4.79 Å². The van der Waals surface area contributed by atoms with E-state index >= 15 is 0 Å². The molecule has 0 spiro atoms. The maximum Gasteiger partial charge on any atom is 0.161 e. The van der Waals surface area contributed by atoms with Gasteiger partial charge in [-0.25, -0.2) is 0 Å². The third-order valence-electron chi connectivity index (χ3n) is 0.995. The Bertz CT molecular complexity index is 95.0. The minimum Gasteiger partial charge on any atom is -0.389 e. The second kappa shape index (κ2) is 4.43. The number of hydrogen-bond acceptors (Lipinski definition) is 4. The second-order valence-electron chi connectivity index (χ2n) is 1.80. The van der Waals surface area contributed by atoms with E-state index in [2.05, 4.69) is 5.32 Å². The number of carbonyl (C=O) groups is 1. The molecule has 0 saturated carbocycles. The van der Waals surface area contributed by atoms with E-state index in [4.69, 9.17) is 10.8 Å². The van der Waals surface area contributed by atoms with Gasteiger partial charge in [-0.1, -0.05) is 0 Å². The van der Waals surface area contributed by atoms with E-state index in [1.165, 1.54) is 0 Å². The van der Waals surface area contributed by atoms with Gasteiger partial charge in [0, 0.05) is 6.42 Å². The van der Waals surface area contributed by atoms with E-state index in [1.807, 2.05) is 0 Å². The van der Waals surface area contributed by atoms with Crippen LogP contribution in [-0.4, -0.2) is 30.7 Å². The lowest BCUT2D eigenvalue weighted by Gasteiger charge is -2.06. The average molecular weight is 132 g/mol. The maximum atomic E-state index is 10.4. The van der Waals surface area contributed by atoms with Crippen molar-refractivity contribution in [1.82, 2.24) is 5.32 Å². The van der Waals surface area contributed by atoms with E-state index < -0.39 is 6.61 Å². The molecule has 9 heavy (non-hydrogen) atoms.